The van der Waals surface area contributed by atoms with Gasteiger partial charge in [-0.1, -0.05) is 36.4 Å². The number of methoxy groups -OCH3 is 1. The summed E-state index contributed by atoms with van der Waals surface area (Å²) in [7, 11) is 1.65. The number of ether oxygens (including phenoxy) is 2. The summed E-state index contributed by atoms with van der Waals surface area (Å²) < 4.78 is 11.2. The van der Waals surface area contributed by atoms with Crippen molar-refractivity contribution >= 4 is 11.6 Å². The summed E-state index contributed by atoms with van der Waals surface area (Å²) >= 11 is 0. The number of benzene rings is 3. The number of para-hydroxylation sites is 2. The molecular formula is C20H17NO2. The first kappa shape index (κ1) is 14.9. The summed E-state index contributed by atoms with van der Waals surface area (Å²) in [6.07, 6.45) is 0. The Kier molecular flexibility index (Phi) is 4.69. The van der Waals surface area contributed by atoms with E-state index in [0.717, 1.165) is 22.7 Å². The first-order chi connectivity index (χ1) is 11.3. The predicted molar refractivity (Wildman–Crippen MR) is 92.7 cm³/mol. The van der Waals surface area contributed by atoms with Crippen LogP contribution >= 0.6 is 0 Å². The molecule has 3 nitrogen and oxygen atoms in total. The smallest absolute Gasteiger partial charge is 0.227 e. The van der Waals surface area contributed by atoms with Crippen LogP contribution in [0.5, 0.6) is 11.5 Å². The van der Waals surface area contributed by atoms with Crippen LogP contribution < -0.4 is 9.47 Å². The Balaban J connectivity index is 1.97. The van der Waals surface area contributed by atoms with Crippen LogP contribution in [0.4, 0.5) is 5.69 Å². The minimum atomic E-state index is 0.546. The van der Waals surface area contributed by atoms with E-state index in [2.05, 4.69) is 4.99 Å². The molecule has 0 fully saturated rings. The van der Waals surface area contributed by atoms with Gasteiger partial charge in [0.25, 0.3) is 0 Å². The number of aliphatic imine (C=N–C) groups is 1. The van der Waals surface area contributed by atoms with Gasteiger partial charge in [0, 0.05) is 5.56 Å². The van der Waals surface area contributed by atoms with Crippen molar-refractivity contribution < 1.29 is 9.47 Å². The minimum absolute atomic E-state index is 0.546. The Morgan fingerprint density at radius 1 is 0.696 bits per heavy atom. The molecule has 0 N–H and O–H groups in total. The summed E-state index contributed by atoms with van der Waals surface area (Å²) in [4.78, 5) is 4.63. The zero-order valence-corrected chi connectivity index (χ0v) is 12.8. The standard InChI is InChI=1S/C20H17NO2/c1-22-18-14-12-16(13-15-18)20(21-17-8-4-2-5-9-17)23-19-10-6-3-7-11-19/h2-15H,1H3. The summed E-state index contributed by atoms with van der Waals surface area (Å²) in [5.41, 5.74) is 1.73. The monoisotopic (exact) mass is 303 g/mol. The molecule has 0 unspecified atom stereocenters. The van der Waals surface area contributed by atoms with E-state index in [-0.39, 0.29) is 0 Å². The van der Waals surface area contributed by atoms with Crippen molar-refractivity contribution in [1.82, 2.24) is 0 Å². The molecule has 3 heteroatoms. The van der Waals surface area contributed by atoms with Crippen molar-refractivity contribution in [3.63, 3.8) is 0 Å². The van der Waals surface area contributed by atoms with E-state index >= 15 is 0 Å². The summed E-state index contributed by atoms with van der Waals surface area (Å²) in [6, 6.07) is 27.0. The lowest BCUT2D eigenvalue weighted by Crippen LogP contribution is -2.10. The van der Waals surface area contributed by atoms with E-state index in [4.69, 9.17) is 9.47 Å². The van der Waals surface area contributed by atoms with E-state index in [1.54, 1.807) is 7.11 Å². The predicted octanol–water partition coefficient (Wildman–Crippen LogP) is 4.85. The molecule has 0 bridgehead atoms. The van der Waals surface area contributed by atoms with Crippen LogP contribution in [0.25, 0.3) is 0 Å². The highest BCUT2D eigenvalue weighted by atomic mass is 16.5. The second-order valence-electron chi connectivity index (χ2n) is 4.90. The van der Waals surface area contributed by atoms with Crippen LogP contribution in [0.15, 0.2) is 89.9 Å². The van der Waals surface area contributed by atoms with Gasteiger partial charge in [-0.15, -0.1) is 0 Å². The van der Waals surface area contributed by atoms with Crippen LogP contribution in [0.2, 0.25) is 0 Å². The maximum Gasteiger partial charge on any atom is 0.227 e. The fraction of sp³-hybridized carbons (Fsp3) is 0.0500. The second kappa shape index (κ2) is 7.27. The first-order valence-corrected chi connectivity index (χ1v) is 7.36. The molecule has 3 aromatic carbocycles. The zero-order valence-electron chi connectivity index (χ0n) is 12.8. The molecule has 0 atom stereocenters. The largest absolute Gasteiger partial charge is 0.497 e. The fourth-order valence-corrected chi connectivity index (χ4v) is 2.10. The number of hydrogen-bond acceptors (Lipinski definition) is 3. The molecule has 0 radical (unpaired) electrons. The molecule has 0 aliphatic rings. The third kappa shape index (κ3) is 3.98. The molecule has 0 aromatic heterocycles. The number of rotatable bonds is 4. The molecule has 0 heterocycles. The van der Waals surface area contributed by atoms with Gasteiger partial charge in [0.15, 0.2) is 0 Å². The Morgan fingerprint density at radius 3 is 1.91 bits per heavy atom. The molecule has 0 saturated heterocycles. The minimum Gasteiger partial charge on any atom is -0.497 e. The van der Waals surface area contributed by atoms with Crippen molar-refractivity contribution in [1.29, 1.82) is 0 Å². The maximum absolute atomic E-state index is 5.99. The molecule has 3 rings (SSSR count). The lowest BCUT2D eigenvalue weighted by molar-refractivity contribution is 0.414. The molecule has 114 valence electrons. The van der Waals surface area contributed by atoms with Crippen LogP contribution in [-0.2, 0) is 0 Å². The quantitative estimate of drug-likeness (QED) is 0.509. The van der Waals surface area contributed by atoms with E-state index in [0.29, 0.717) is 5.90 Å². The third-order valence-electron chi connectivity index (χ3n) is 3.28. The van der Waals surface area contributed by atoms with Crippen molar-refractivity contribution in [3.8, 4) is 11.5 Å². The second-order valence-corrected chi connectivity index (χ2v) is 4.90. The van der Waals surface area contributed by atoms with Crippen LogP contribution in [0.3, 0.4) is 0 Å². The van der Waals surface area contributed by atoms with Crippen molar-refractivity contribution in [2.24, 2.45) is 4.99 Å². The van der Waals surface area contributed by atoms with E-state index in [1.165, 1.54) is 0 Å². The van der Waals surface area contributed by atoms with E-state index < -0.39 is 0 Å². The molecule has 0 aliphatic carbocycles. The van der Waals surface area contributed by atoms with Crippen LogP contribution in [0.1, 0.15) is 5.56 Å². The molecule has 0 saturated carbocycles. The Bertz CT molecular complexity index is 766. The Hall–Kier alpha value is -3.07. The van der Waals surface area contributed by atoms with Crippen molar-refractivity contribution in [3.05, 3.63) is 90.5 Å². The van der Waals surface area contributed by atoms with Crippen LogP contribution in [0, 0.1) is 0 Å². The maximum atomic E-state index is 5.99. The summed E-state index contributed by atoms with van der Waals surface area (Å²) in [5.74, 6) is 2.09. The Morgan fingerprint density at radius 2 is 1.30 bits per heavy atom. The van der Waals surface area contributed by atoms with Gasteiger partial charge in [0.05, 0.1) is 12.8 Å². The normalized spacial score (nSPS) is 11.1. The molecule has 0 aliphatic heterocycles. The fourth-order valence-electron chi connectivity index (χ4n) is 2.10. The number of nitrogens with zero attached hydrogens (tertiary/aromatic N) is 1. The van der Waals surface area contributed by atoms with E-state index in [9.17, 15) is 0 Å². The summed E-state index contributed by atoms with van der Waals surface area (Å²) in [6.45, 7) is 0. The lowest BCUT2D eigenvalue weighted by Gasteiger charge is -2.10. The lowest BCUT2D eigenvalue weighted by atomic mass is 10.2. The van der Waals surface area contributed by atoms with Gasteiger partial charge in [-0.25, -0.2) is 4.99 Å². The highest BCUT2D eigenvalue weighted by Gasteiger charge is 2.07. The average Bonchev–Trinajstić information content (AvgIpc) is 2.63. The van der Waals surface area contributed by atoms with Gasteiger partial charge in [-0.05, 0) is 48.5 Å². The molecule has 0 amide bonds. The highest BCUT2D eigenvalue weighted by Crippen LogP contribution is 2.19. The number of hydrogen-bond donors (Lipinski definition) is 0. The summed E-state index contributed by atoms with van der Waals surface area (Å²) in [5, 5.41) is 0. The van der Waals surface area contributed by atoms with Crippen molar-refractivity contribution in [2.75, 3.05) is 7.11 Å². The van der Waals surface area contributed by atoms with Gasteiger partial charge in [-0.2, -0.15) is 0 Å². The van der Waals surface area contributed by atoms with Gasteiger partial charge in [0.2, 0.25) is 5.90 Å². The topological polar surface area (TPSA) is 30.8 Å². The zero-order chi connectivity index (χ0) is 15.9. The molecule has 23 heavy (non-hydrogen) atoms. The molecule has 3 aromatic rings. The SMILES string of the molecule is COc1ccc(C(=Nc2ccccc2)Oc2ccccc2)cc1. The Labute approximate surface area is 135 Å². The first-order valence-electron chi connectivity index (χ1n) is 7.36. The third-order valence-corrected chi connectivity index (χ3v) is 3.28. The molecular weight excluding hydrogens is 286 g/mol. The van der Waals surface area contributed by atoms with Gasteiger partial charge < -0.3 is 9.47 Å². The van der Waals surface area contributed by atoms with Gasteiger partial charge >= 0.3 is 0 Å². The van der Waals surface area contributed by atoms with Gasteiger partial charge in [-0.3, -0.25) is 0 Å². The van der Waals surface area contributed by atoms with E-state index in [1.807, 2.05) is 84.9 Å². The highest BCUT2D eigenvalue weighted by molar-refractivity contribution is 5.97. The van der Waals surface area contributed by atoms with Crippen LogP contribution in [-0.4, -0.2) is 13.0 Å². The molecule has 0 spiro atoms. The van der Waals surface area contributed by atoms with Gasteiger partial charge in [0.1, 0.15) is 11.5 Å². The van der Waals surface area contributed by atoms with Crippen molar-refractivity contribution in [2.45, 2.75) is 0 Å². The average molecular weight is 303 g/mol.